The van der Waals surface area contributed by atoms with Crippen molar-refractivity contribution < 1.29 is 4.39 Å². The van der Waals surface area contributed by atoms with Gasteiger partial charge in [0.15, 0.2) is 23.0 Å². The molecule has 0 radical (unpaired) electrons. The molecule has 2 heterocycles. The molecule has 0 aromatic carbocycles. The van der Waals surface area contributed by atoms with E-state index in [1.54, 1.807) is 12.1 Å². The number of nitriles is 2. The first kappa shape index (κ1) is 11.1. The van der Waals surface area contributed by atoms with Gasteiger partial charge in [-0.05, 0) is 6.07 Å². The molecule has 0 fully saturated rings. The van der Waals surface area contributed by atoms with Gasteiger partial charge in [0.2, 0.25) is 0 Å². The lowest BCUT2D eigenvalue weighted by molar-refractivity contribution is 0.609. The molecule has 0 saturated heterocycles. The molecule has 0 aliphatic heterocycles. The van der Waals surface area contributed by atoms with Crippen LogP contribution in [0.4, 0.5) is 4.39 Å². The Balaban J connectivity index is 2.66. The highest BCUT2D eigenvalue weighted by molar-refractivity contribution is 6.30. The summed E-state index contributed by atoms with van der Waals surface area (Å²) in [5.74, 6) is -0.823. The summed E-state index contributed by atoms with van der Waals surface area (Å²) >= 11 is 5.57. The Hall–Kier alpha value is -2.44. The first-order chi connectivity index (χ1) is 8.17. The first-order valence-corrected chi connectivity index (χ1v) is 4.74. The number of hydrogen-bond donors (Lipinski definition) is 0. The fourth-order valence-electron chi connectivity index (χ4n) is 1.28. The summed E-state index contributed by atoms with van der Waals surface area (Å²) in [6, 6.07) is 4.58. The summed E-state index contributed by atoms with van der Waals surface area (Å²) in [5, 5.41) is 17.7. The van der Waals surface area contributed by atoms with Gasteiger partial charge >= 0.3 is 0 Å². The van der Waals surface area contributed by atoms with E-state index in [2.05, 4.69) is 9.97 Å². The van der Waals surface area contributed by atoms with Gasteiger partial charge in [0.25, 0.3) is 0 Å². The minimum Gasteiger partial charge on any atom is -0.271 e. The molecular weight excluding hydrogens is 245 g/mol. The van der Waals surface area contributed by atoms with Crippen LogP contribution in [0.15, 0.2) is 18.6 Å². The van der Waals surface area contributed by atoms with E-state index in [1.807, 2.05) is 0 Å². The van der Waals surface area contributed by atoms with Crippen molar-refractivity contribution in [2.45, 2.75) is 0 Å². The third kappa shape index (κ3) is 1.82. The number of rotatable bonds is 1. The van der Waals surface area contributed by atoms with Crippen molar-refractivity contribution in [3.05, 3.63) is 40.8 Å². The number of halogens is 2. The molecule has 0 amide bonds. The average molecular weight is 248 g/mol. The molecule has 0 aliphatic rings. The van der Waals surface area contributed by atoms with Crippen molar-refractivity contribution in [3.8, 4) is 18.0 Å². The van der Waals surface area contributed by atoms with Crippen LogP contribution >= 0.6 is 11.6 Å². The summed E-state index contributed by atoms with van der Waals surface area (Å²) in [6.45, 7) is 0. The van der Waals surface area contributed by atoms with Crippen LogP contribution in [0.3, 0.4) is 0 Å². The van der Waals surface area contributed by atoms with Crippen molar-refractivity contribution in [2.75, 3.05) is 0 Å². The number of nitrogens with zero attached hydrogens (tertiary/aromatic N) is 5. The second kappa shape index (κ2) is 4.20. The fraction of sp³-hybridized carbons (Fsp3) is 0. The van der Waals surface area contributed by atoms with Gasteiger partial charge < -0.3 is 0 Å². The van der Waals surface area contributed by atoms with Gasteiger partial charge in [-0.1, -0.05) is 11.6 Å². The maximum atomic E-state index is 13.6. The Bertz CT molecular complexity index is 664. The van der Waals surface area contributed by atoms with Crippen LogP contribution < -0.4 is 0 Å². The van der Waals surface area contributed by atoms with E-state index in [1.165, 1.54) is 6.20 Å². The van der Waals surface area contributed by atoms with Gasteiger partial charge in [0, 0.05) is 6.20 Å². The zero-order valence-corrected chi connectivity index (χ0v) is 8.98. The van der Waals surface area contributed by atoms with Crippen LogP contribution in [0.25, 0.3) is 5.82 Å². The minimum atomic E-state index is -0.698. The number of hydrogen-bond acceptors (Lipinski definition) is 4. The lowest BCUT2D eigenvalue weighted by Gasteiger charge is -2.03. The Labute approximate surface area is 100 Å². The summed E-state index contributed by atoms with van der Waals surface area (Å²) in [6.07, 6.45) is 2.41. The molecule has 2 aromatic rings. The molecule has 82 valence electrons. The summed E-state index contributed by atoms with van der Waals surface area (Å²) in [7, 11) is 0. The van der Waals surface area contributed by atoms with E-state index in [4.69, 9.17) is 22.1 Å². The molecule has 2 rings (SSSR count). The lowest BCUT2D eigenvalue weighted by atomic mass is 10.3. The van der Waals surface area contributed by atoms with E-state index in [-0.39, 0.29) is 22.2 Å². The quantitative estimate of drug-likeness (QED) is 0.770. The van der Waals surface area contributed by atoms with Crippen LogP contribution in [-0.2, 0) is 0 Å². The molecule has 17 heavy (non-hydrogen) atoms. The Morgan fingerprint density at radius 1 is 1.29 bits per heavy atom. The number of imidazole rings is 1. The van der Waals surface area contributed by atoms with Crippen molar-refractivity contribution >= 4 is 11.6 Å². The second-order valence-electron chi connectivity index (χ2n) is 2.99. The van der Waals surface area contributed by atoms with E-state index in [9.17, 15) is 4.39 Å². The third-order valence-corrected chi connectivity index (χ3v) is 2.20. The smallest absolute Gasteiger partial charge is 0.177 e. The highest BCUT2D eigenvalue weighted by Crippen LogP contribution is 2.18. The van der Waals surface area contributed by atoms with Crippen molar-refractivity contribution in [2.24, 2.45) is 0 Å². The topological polar surface area (TPSA) is 78.3 Å². The van der Waals surface area contributed by atoms with E-state index in [0.717, 1.165) is 17.0 Å². The summed E-state index contributed by atoms with van der Waals surface area (Å²) in [5.41, 5.74) is -0.148. The zero-order valence-electron chi connectivity index (χ0n) is 8.22. The van der Waals surface area contributed by atoms with Crippen LogP contribution in [0.2, 0.25) is 5.02 Å². The Morgan fingerprint density at radius 2 is 2.06 bits per heavy atom. The van der Waals surface area contributed by atoms with Gasteiger partial charge in [-0.3, -0.25) is 4.57 Å². The largest absolute Gasteiger partial charge is 0.271 e. The molecule has 5 nitrogen and oxygen atoms in total. The molecule has 0 atom stereocenters. The second-order valence-corrected chi connectivity index (χ2v) is 3.43. The first-order valence-electron chi connectivity index (χ1n) is 4.36. The molecule has 0 saturated carbocycles. The molecule has 0 N–H and O–H groups in total. The average Bonchev–Trinajstić information content (AvgIpc) is 2.71. The monoisotopic (exact) mass is 247 g/mol. The van der Waals surface area contributed by atoms with E-state index >= 15 is 0 Å². The van der Waals surface area contributed by atoms with Crippen LogP contribution in [0.5, 0.6) is 0 Å². The van der Waals surface area contributed by atoms with E-state index in [0.29, 0.717) is 0 Å². The Morgan fingerprint density at radius 3 is 2.65 bits per heavy atom. The lowest BCUT2D eigenvalue weighted by Crippen LogP contribution is -2.02. The van der Waals surface area contributed by atoms with Crippen LogP contribution in [0, 0.1) is 28.5 Å². The maximum absolute atomic E-state index is 13.6. The number of pyridine rings is 1. The van der Waals surface area contributed by atoms with Gasteiger partial charge in [-0.2, -0.15) is 10.5 Å². The highest BCUT2D eigenvalue weighted by atomic mass is 35.5. The van der Waals surface area contributed by atoms with Crippen molar-refractivity contribution in [3.63, 3.8) is 0 Å². The van der Waals surface area contributed by atoms with Crippen molar-refractivity contribution in [1.82, 2.24) is 14.5 Å². The Kier molecular flexibility index (Phi) is 2.73. The summed E-state index contributed by atoms with van der Waals surface area (Å²) in [4.78, 5) is 7.44. The molecule has 0 spiro atoms. The van der Waals surface area contributed by atoms with Crippen LogP contribution in [0.1, 0.15) is 11.4 Å². The standard InChI is InChI=1S/C10H3ClFN5/c11-6-1-7(12)10(15-4-6)17-5-16-8(2-13)9(17)3-14/h1,4-5H. The fourth-order valence-corrected chi connectivity index (χ4v) is 1.43. The predicted molar refractivity (Wildman–Crippen MR) is 55.8 cm³/mol. The van der Waals surface area contributed by atoms with Gasteiger partial charge in [-0.25, -0.2) is 14.4 Å². The van der Waals surface area contributed by atoms with Crippen LogP contribution in [-0.4, -0.2) is 14.5 Å². The molecule has 2 aromatic heterocycles. The van der Waals surface area contributed by atoms with E-state index < -0.39 is 5.82 Å². The maximum Gasteiger partial charge on any atom is 0.177 e. The molecule has 0 bridgehead atoms. The minimum absolute atomic E-state index is 0.0683. The molecule has 0 aliphatic carbocycles. The third-order valence-electron chi connectivity index (χ3n) is 2.00. The SMILES string of the molecule is N#Cc1ncn(-c2ncc(Cl)cc2F)c1C#N. The highest BCUT2D eigenvalue weighted by Gasteiger charge is 2.15. The molecule has 0 unspecified atom stereocenters. The summed E-state index contributed by atoms with van der Waals surface area (Å²) < 4.78 is 14.7. The predicted octanol–water partition coefficient (Wildman–Crippen LogP) is 1.80. The molecule has 7 heteroatoms. The van der Waals surface area contributed by atoms with Crippen molar-refractivity contribution in [1.29, 1.82) is 10.5 Å². The number of aromatic nitrogens is 3. The normalized spacial score (nSPS) is 9.65. The molecular formula is C10H3ClFN5. The van der Waals surface area contributed by atoms with Gasteiger partial charge in [0.05, 0.1) is 5.02 Å². The van der Waals surface area contributed by atoms with Gasteiger partial charge in [0.1, 0.15) is 18.5 Å². The zero-order chi connectivity index (χ0) is 12.4. The van der Waals surface area contributed by atoms with Gasteiger partial charge in [-0.15, -0.1) is 0 Å².